The first-order valence-corrected chi connectivity index (χ1v) is 14.9. The van der Waals surface area contributed by atoms with Crippen molar-refractivity contribution in [3.8, 4) is 11.5 Å². The molecule has 0 radical (unpaired) electrons. The van der Waals surface area contributed by atoms with Gasteiger partial charge in [-0.15, -0.1) is 13.2 Å². The highest BCUT2D eigenvalue weighted by Crippen LogP contribution is 2.26. The number of benzene rings is 2. The third-order valence-corrected chi connectivity index (χ3v) is 8.23. The van der Waals surface area contributed by atoms with Crippen LogP contribution in [0.4, 0.5) is 13.2 Å². The van der Waals surface area contributed by atoms with Crippen molar-refractivity contribution >= 4 is 17.6 Å². The molecule has 3 heterocycles. The van der Waals surface area contributed by atoms with Gasteiger partial charge in [0.2, 0.25) is 0 Å². The van der Waals surface area contributed by atoms with E-state index in [1.54, 1.807) is 54.5 Å². The summed E-state index contributed by atoms with van der Waals surface area (Å²) in [5, 5.41) is 3.02. The lowest BCUT2D eigenvalue weighted by molar-refractivity contribution is -0.274. The molecule has 12 heteroatoms. The molecule has 2 aliphatic heterocycles. The van der Waals surface area contributed by atoms with Crippen LogP contribution >= 0.6 is 0 Å². The van der Waals surface area contributed by atoms with Crippen LogP contribution in [-0.2, 0) is 6.54 Å². The number of piperidine rings is 2. The summed E-state index contributed by atoms with van der Waals surface area (Å²) in [6.45, 7) is 2.71. The van der Waals surface area contributed by atoms with E-state index < -0.39 is 6.36 Å². The molecular weight excluding hydrogens is 589 g/mol. The van der Waals surface area contributed by atoms with E-state index in [1.807, 2.05) is 0 Å². The highest BCUT2D eigenvalue weighted by molar-refractivity contribution is 5.99. The summed E-state index contributed by atoms with van der Waals surface area (Å²) in [5.74, 6) is -0.167. The molecule has 3 aromatic rings. The first-order valence-electron chi connectivity index (χ1n) is 14.9. The Bertz CT molecular complexity index is 1480. The molecule has 238 valence electrons. The molecule has 0 atom stereocenters. The molecule has 0 saturated carbocycles. The van der Waals surface area contributed by atoms with Gasteiger partial charge < -0.3 is 19.7 Å². The average Bonchev–Trinajstić information content (AvgIpc) is 3.04. The second kappa shape index (κ2) is 14.1. The minimum atomic E-state index is -4.74. The number of hydrogen-bond donors (Lipinski definition) is 1. The van der Waals surface area contributed by atoms with E-state index in [0.717, 1.165) is 0 Å². The van der Waals surface area contributed by atoms with Crippen LogP contribution in [0.15, 0.2) is 66.9 Å². The van der Waals surface area contributed by atoms with Gasteiger partial charge in [0, 0.05) is 56.4 Å². The molecule has 0 bridgehead atoms. The number of carbonyl (C=O) groups is 3. The van der Waals surface area contributed by atoms with Crippen molar-refractivity contribution in [1.82, 2.24) is 20.1 Å². The number of ketones is 1. The number of hydrogen-bond acceptors (Lipinski definition) is 7. The average molecular weight is 625 g/mol. The summed E-state index contributed by atoms with van der Waals surface area (Å²) in [5.41, 5.74) is 1.93. The van der Waals surface area contributed by atoms with Gasteiger partial charge in [-0.1, -0.05) is 12.1 Å². The quantitative estimate of drug-likeness (QED) is 0.330. The number of amides is 2. The lowest BCUT2D eigenvalue weighted by Crippen LogP contribution is -2.44. The van der Waals surface area contributed by atoms with E-state index in [9.17, 15) is 27.6 Å². The first kappa shape index (κ1) is 32.0. The lowest BCUT2D eigenvalue weighted by atomic mass is 9.88. The maximum absolute atomic E-state index is 13.1. The van der Waals surface area contributed by atoms with Crippen molar-refractivity contribution < 1.29 is 37.0 Å². The molecule has 9 nitrogen and oxygen atoms in total. The minimum Gasteiger partial charge on any atom is -0.497 e. The molecule has 45 heavy (non-hydrogen) atoms. The van der Waals surface area contributed by atoms with Crippen molar-refractivity contribution in [2.75, 3.05) is 33.3 Å². The second-order valence-corrected chi connectivity index (χ2v) is 11.3. The molecule has 0 aliphatic carbocycles. The normalized spacial score (nSPS) is 16.7. The Morgan fingerprint density at radius 3 is 2.20 bits per heavy atom. The molecule has 2 aromatic carbocycles. The van der Waals surface area contributed by atoms with Gasteiger partial charge in [0.15, 0.2) is 5.78 Å². The van der Waals surface area contributed by atoms with Gasteiger partial charge in [0.05, 0.1) is 12.7 Å². The Morgan fingerprint density at radius 1 is 0.889 bits per heavy atom. The summed E-state index contributed by atoms with van der Waals surface area (Å²) in [6.07, 6.45) is -0.839. The second-order valence-electron chi connectivity index (χ2n) is 11.3. The van der Waals surface area contributed by atoms with Crippen molar-refractivity contribution in [3.05, 3.63) is 89.2 Å². The first-order chi connectivity index (χ1) is 21.6. The van der Waals surface area contributed by atoms with Gasteiger partial charge in [0.25, 0.3) is 11.8 Å². The van der Waals surface area contributed by atoms with Crippen LogP contribution in [-0.4, -0.2) is 78.1 Å². The Labute approximate surface area is 259 Å². The van der Waals surface area contributed by atoms with Crippen LogP contribution in [0.2, 0.25) is 0 Å². The number of nitrogens with zero attached hydrogens (tertiary/aromatic N) is 3. The van der Waals surface area contributed by atoms with Crippen molar-refractivity contribution in [3.63, 3.8) is 0 Å². The number of halogens is 3. The van der Waals surface area contributed by atoms with E-state index >= 15 is 0 Å². The fourth-order valence-electron chi connectivity index (χ4n) is 5.76. The minimum absolute atomic E-state index is 0.0584. The van der Waals surface area contributed by atoms with E-state index in [-0.39, 0.29) is 41.0 Å². The zero-order valence-electron chi connectivity index (χ0n) is 24.9. The number of carbonyl (C=O) groups excluding carboxylic acids is 3. The van der Waals surface area contributed by atoms with Crippen LogP contribution in [0, 0.1) is 5.92 Å². The molecule has 0 spiro atoms. The third kappa shape index (κ3) is 8.59. The zero-order chi connectivity index (χ0) is 32.0. The molecule has 5 rings (SSSR count). The largest absolute Gasteiger partial charge is 0.573 e. The summed E-state index contributed by atoms with van der Waals surface area (Å²) in [7, 11) is 1.57. The lowest BCUT2D eigenvalue weighted by Gasteiger charge is -2.32. The van der Waals surface area contributed by atoms with Crippen LogP contribution < -0.4 is 14.8 Å². The Balaban J connectivity index is 1.06. The maximum Gasteiger partial charge on any atom is 0.573 e. The Hall–Kier alpha value is -4.45. The smallest absolute Gasteiger partial charge is 0.497 e. The number of pyridine rings is 1. The summed E-state index contributed by atoms with van der Waals surface area (Å²) in [4.78, 5) is 46.9. The molecule has 1 aromatic heterocycles. The van der Waals surface area contributed by atoms with E-state index in [2.05, 4.69) is 19.9 Å². The number of likely N-dealkylation sites (tertiary alicyclic amines) is 2. The predicted octanol–water partition coefficient (Wildman–Crippen LogP) is 5.12. The number of rotatable bonds is 9. The number of ether oxygens (including phenoxy) is 2. The zero-order valence-corrected chi connectivity index (χ0v) is 24.9. The fourth-order valence-corrected chi connectivity index (χ4v) is 5.76. The standard InChI is InChI=1S/C33H35F3N4O5/c1-44-27-8-5-23(6-9-27)30(41)24-11-17-40(18-12-24)32(43)29-10-7-25(20-37-29)31(42)38-26-13-15-39(16-14-26)21-22-3-2-4-28(19-22)45-33(34,35)36/h2-10,19-20,24,26H,11-18,21H2,1H3,(H,38,42). The number of nitrogens with one attached hydrogen (secondary N) is 1. The molecule has 0 unspecified atom stereocenters. The van der Waals surface area contributed by atoms with E-state index in [1.165, 1.54) is 24.4 Å². The third-order valence-electron chi connectivity index (χ3n) is 8.23. The maximum atomic E-state index is 13.1. The Kier molecular flexibility index (Phi) is 10.0. The highest BCUT2D eigenvalue weighted by atomic mass is 19.4. The van der Waals surface area contributed by atoms with Crippen LogP contribution in [0.5, 0.6) is 11.5 Å². The number of alkyl halides is 3. The summed E-state index contributed by atoms with van der Waals surface area (Å²) < 4.78 is 46.8. The monoisotopic (exact) mass is 624 g/mol. The summed E-state index contributed by atoms with van der Waals surface area (Å²) >= 11 is 0. The van der Waals surface area contributed by atoms with E-state index in [0.29, 0.717) is 80.8 Å². The predicted molar refractivity (Wildman–Crippen MR) is 159 cm³/mol. The molecular formula is C33H35F3N4O5. The SMILES string of the molecule is COc1ccc(C(=O)C2CCN(C(=O)c3ccc(C(=O)NC4CCN(Cc5cccc(OC(F)(F)F)c5)CC4)cn3)CC2)cc1. The van der Waals surface area contributed by atoms with Gasteiger partial charge >= 0.3 is 6.36 Å². The van der Waals surface area contributed by atoms with Crippen LogP contribution in [0.1, 0.15) is 62.5 Å². The fraction of sp³-hybridized carbons (Fsp3) is 0.394. The highest BCUT2D eigenvalue weighted by Gasteiger charge is 2.31. The number of methoxy groups -OCH3 is 1. The van der Waals surface area contributed by atoms with Crippen LogP contribution in [0.3, 0.4) is 0 Å². The van der Waals surface area contributed by atoms with Gasteiger partial charge in [-0.3, -0.25) is 24.3 Å². The Morgan fingerprint density at radius 2 is 1.58 bits per heavy atom. The van der Waals surface area contributed by atoms with Crippen molar-refractivity contribution in [1.29, 1.82) is 0 Å². The number of aromatic nitrogens is 1. The van der Waals surface area contributed by atoms with E-state index in [4.69, 9.17) is 4.74 Å². The molecule has 1 N–H and O–H groups in total. The van der Waals surface area contributed by atoms with Crippen molar-refractivity contribution in [2.24, 2.45) is 5.92 Å². The summed E-state index contributed by atoms with van der Waals surface area (Å²) in [6, 6.07) is 16.1. The molecule has 2 saturated heterocycles. The van der Waals surface area contributed by atoms with Crippen molar-refractivity contribution in [2.45, 2.75) is 44.6 Å². The van der Waals surface area contributed by atoms with Crippen LogP contribution in [0.25, 0.3) is 0 Å². The molecule has 2 amide bonds. The number of Topliss-reactive ketones (excluding diaryl/α,β-unsaturated/α-hetero) is 1. The molecule has 2 fully saturated rings. The van der Waals surface area contributed by atoms with Gasteiger partial charge in [-0.25, -0.2) is 0 Å². The van der Waals surface area contributed by atoms with Gasteiger partial charge in [-0.05, 0) is 79.8 Å². The topological polar surface area (TPSA) is 101 Å². The van der Waals surface area contributed by atoms with Gasteiger partial charge in [0.1, 0.15) is 17.2 Å². The van der Waals surface area contributed by atoms with Gasteiger partial charge in [-0.2, -0.15) is 0 Å². The molecule has 2 aliphatic rings.